The predicted octanol–water partition coefficient (Wildman–Crippen LogP) is -3.21. The van der Waals surface area contributed by atoms with E-state index < -0.39 is 80.6 Å². The Balaban J connectivity index is 1.60. The number of carbonyl (C=O) groups excluding carboxylic acids is 1. The van der Waals surface area contributed by atoms with Crippen molar-refractivity contribution in [1.29, 1.82) is 0 Å². The number of carbonyl (C=O) groups is 1. The third-order valence-electron chi connectivity index (χ3n) is 5.76. The summed E-state index contributed by atoms with van der Waals surface area (Å²) in [7, 11) is 0. The molecule has 0 unspecified atom stereocenters. The maximum atomic E-state index is 12.1. The highest BCUT2D eigenvalue weighted by Gasteiger charge is 2.58. The third kappa shape index (κ3) is 5.69. The van der Waals surface area contributed by atoms with Crippen LogP contribution >= 0.6 is 0 Å². The monoisotopic (exact) mass is 474 g/mol. The van der Waals surface area contributed by atoms with Crippen LogP contribution in [0.3, 0.4) is 0 Å². The number of hydrogen-bond acceptors (Lipinski definition) is 12. The molecule has 0 spiro atoms. The Bertz CT molecular complexity index is 763. The molecule has 2 fully saturated rings. The largest absolute Gasteiger partial charge is 0.463 e. The Kier molecular flexibility index (Phi) is 8.75. The van der Waals surface area contributed by atoms with E-state index in [-0.39, 0.29) is 6.42 Å². The molecule has 12 heteroatoms. The standard InChI is InChI=1S/C21H30O12/c22-8-12-16(26)19(29)21(10-23,32-12)33-20-18(28)17(27)15(25)13(31-20)9-30-14(24)7-6-11-4-2-1-3-5-11/h1-5,12-13,15-20,22-23,25-29H,6-10H2/t12-,13-,15-,16-,17+,18-,19+,20-,21+/m1/s1. The maximum Gasteiger partial charge on any atom is 0.306 e. The lowest BCUT2D eigenvalue weighted by Crippen LogP contribution is -2.62. The fraction of sp³-hybridized carbons (Fsp3) is 0.667. The fourth-order valence-electron chi connectivity index (χ4n) is 3.76. The first-order chi connectivity index (χ1) is 15.7. The zero-order valence-corrected chi connectivity index (χ0v) is 17.7. The van der Waals surface area contributed by atoms with Crippen molar-refractivity contribution in [2.24, 2.45) is 0 Å². The second-order valence-corrected chi connectivity index (χ2v) is 8.05. The van der Waals surface area contributed by atoms with Crippen LogP contribution in [0.25, 0.3) is 0 Å². The summed E-state index contributed by atoms with van der Waals surface area (Å²) < 4.78 is 21.2. The summed E-state index contributed by atoms with van der Waals surface area (Å²) in [6, 6.07) is 9.24. The average molecular weight is 474 g/mol. The number of aryl methyl sites for hydroxylation is 1. The van der Waals surface area contributed by atoms with Gasteiger partial charge in [0.25, 0.3) is 0 Å². The maximum absolute atomic E-state index is 12.1. The van der Waals surface area contributed by atoms with Gasteiger partial charge in [0.1, 0.15) is 55.9 Å². The Morgan fingerprint density at radius 1 is 0.939 bits per heavy atom. The van der Waals surface area contributed by atoms with Crippen LogP contribution in [0.1, 0.15) is 12.0 Å². The van der Waals surface area contributed by atoms with Crippen molar-refractivity contribution in [3.05, 3.63) is 35.9 Å². The van der Waals surface area contributed by atoms with Gasteiger partial charge in [-0.2, -0.15) is 0 Å². The average Bonchev–Trinajstić information content (AvgIpc) is 3.07. The van der Waals surface area contributed by atoms with E-state index in [0.717, 1.165) is 5.56 Å². The molecule has 3 rings (SSSR count). The van der Waals surface area contributed by atoms with Gasteiger partial charge in [-0.05, 0) is 12.0 Å². The quantitative estimate of drug-likeness (QED) is 0.177. The van der Waals surface area contributed by atoms with Gasteiger partial charge in [0.15, 0.2) is 6.29 Å². The number of rotatable bonds is 9. The highest BCUT2D eigenvalue weighted by Crippen LogP contribution is 2.36. The number of hydrogen-bond donors (Lipinski definition) is 7. The molecule has 12 nitrogen and oxygen atoms in total. The SMILES string of the molecule is O=C(CCc1ccccc1)OC[C@H]1O[C@H](O[C@]2(CO)O[C@H](CO)[C@@H](O)[C@@H]2O)[C@H](O)[C@@H](O)[C@@H]1O. The smallest absolute Gasteiger partial charge is 0.306 e. The van der Waals surface area contributed by atoms with Gasteiger partial charge >= 0.3 is 5.97 Å². The zero-order chi connectivity index (χ0) is 24.2. The molecule has 9 atom stereocenters. The molecule has 0 amide bonds. The minimum atomic E-state index is -2.28. The fourth-order valence-corrected chi connectivity index (χ4v) is 3.76. The highest BCUT2D eigenvalue weighted by molar-refractivity contribution is 5.69. The summed E-state index contributed by atoms with van der Waals surface area (Å²) >= 11 is 0. The number of aliphatic hydroxyl groups is 7. The van der Waals surface area contributed by atoms with Crippen molar-refractivity contribution in [1.82, 2.24) is 0 Å². The first-order valence-corrected chi connectivity index (χ1v) is 10.5. The van der Waals surface area contributed by atoms with E-state index in [1.54, 1.807) is 0 Å². The van der Waals surface area contributed by atoms with E-state index in [4.69, 9.17) is 18.9 Å². The predicted molar refractivity (Wildman–Crippen MR) is 107 cm³/mol. The molecular formula is C21H30O12. The minimum Gasteiger partial charge on any atom is -0.463 e. The van der Waals surface area contributed by atoms with Crippen LogP contribution in [-0.4, -0.2) is 116 Å². The van der Waals surface area contributed by atoms with E-state index in [0.29, 0.717) is 6.42 Å². The molecule has 7 N–H and O–H groups in total. The molecule has 0 aromatic heterocycles. The highest BCUT2D eigenvalue weighted by atomic mass is 16.8. The third-order valence-corrected chi connectivity index (χ3v) is 5.76. The van der Waals surface area contributed by atoms with Crippen LogP contribution in [0.4, 0.5) is 0 Å². The topological polar surface area (TPSA) is 196 Å². The Morgan fingerprint density at radius 3 is 2.24 bits per heavy atom. The summed E-state index contributed by atoms with van der Waals surface area (Å²) in [5, 5.41) is 69.9. The van der Waals surface area contributed by atoms with Gasteiger partial charge < -0.3 is 54.7 Å². The lowest BCUT2D eigenvalue weighted by Gasteiger charge is -2.43. The van der Waals surface area contributed by atoms with Crippen LogP contribution < -0.4 is 0 Å². The van der Waals surface area contributed by atoms with Crippen molar-refractivity contribution >= 4 is 5.97 Å². The van der Waals surface area contributed by atoms with Crippen LogP contribution in [0.2, 0.25) is 0 Å². The molecule has 1 aromatic carbocycles. The van der Waals surface area contributed by atoms with E-state index in [9.17, 15) is 40.5 Å². The van der Waals surface area contributed by atoms with Gasteiger partial charge in [-0.1, -0.05) is 30.3 Å². The number of aliphatic hydroxyl groups excluding tert-OH is 7. The second-order valence-electron chi connectivity index (χ2n) is 8.05. The molecule has 0 saturated carbocycles. The van der Waals surface area contributed by atoms with Crippen LogP contribution in [0.5, 0.6) is 0 Å². The normalized spacial score (nSPS) is 38.9. The van der Waals surface area contributed by atoms with Crippen molar-refractivity contribution in [2.75, 3.05) is 19.8 Å². The number of esters is 1. The van der Waals surface area contributed by atoms with Crippen molar-refractivity contribution in [3.63, 3.8) is 0 Å². The van der Waals surface area contributed by atoms with Gasteiger partial charge in [0.2, 0.25) is 5.79 Å². The number of ether oxygens (including phenoxy) is 4. The van der Waals surface area contributed by atoms with Gasteiger partial charge in [-0.15, -0.1) is 0 Å². The molecular weight excluding hydrogens is 444 g/mol. The molecule has 1 aromatic rings. The summed E-state index contributed by atoms with van der Waals surface area (Å²) in [6.45, 7) is -2.16. The summed E-state index contributed by atoms with van der Waals surface area (Å²) in [6.07, 6.45) is -12.6. The molecule has 2 heterocycles. The molecule has 2 aliphatic rings. The van der Waals surface area contributed by atoms with Crippen molar-refractivity contribution < 1.29 is 59.5 Å². The van der Waals surface area contributed by atoms with Gasteiger partial charge in [0, 0.05) is 6.42 Å². The Hall–Kier alpha value is -1.71. The first kappa shape index (κ1) is 25.9. The minimum absolute atomic E-state index is 0.0615. The summed E-state index contributed by atoms with van der Waals surface area (Å²) in [4.78, 5) is 12.1. The van der Waals surface area contributed by atoms with E-state index >= 15 is 0 Å². The van der Waals surface area contributed by atoms with Crippen LogP contribution in [0, 0.1) is 0 Å². The van der Waals surface area contributed by atoms with Crippen LogP contribution in [0.15, 0.2) is 30.3 Å². The van der Waals surface area contributed by atoms with Gasteiger partial charge in [-0.25, -0.2) is 0 Å². The molecule has 0 radical (unpaired) electrons. The molecule has 0 aliphatic carbocycles. The Labute approximate surface area is 189 Å². The van der Waals surface area contributed by atoms with Crippen molar-refractivity contribution in [2.45, 2.75) is 67.6 Å². The van der Waals surface area contributed by atoms with Gasteiger partial charge in [0.05, 0.1) is 6.61 Å². The Morgan fingerprint density at radius 2 is 1.64 bits per heavy atom. The number of benzene rings is 1. The van der Waals surface area contributed by atoms with E-state index in [2.05, 4.69) is 0 Å². The molecule has 2 aliphatic heterocycles. The van der Waals surface area contributed by atoms with Crippen LogP contribution in [-0.2, 0) is 30.2 Å². The second kappa shape index (κ2) is 11.1. The lowest BCUT2D eigenvalue weighted by molar-refractivity contribution is -0.383. The first-order valence-electron chi connectivity index (χ1n) is 10.5. The molecule has 2 saturated heterocycles. The lowest BCUT2D eigenvalue weighted by atomic mass is 9.99. The molecule has 33 heavy (non-hydrogen) atoms. The van der Waals surface area contributed by atoms with E-state index in [1.807, 2.05) is 30.3 Å². The summed E-state index contributed by atoms with van der Waals surface area (Å²) in [5.41, 5.74) is 0.934. The molecule has 0 bridgehead atoms. The summed E-state index contributed by atoms with van der Waals surface area (Å²) in [5.74, 6) is -2.86. The van der Waals surface area contributed by atoms with Gasteiger partial charge in [-0.3, -0.25) is 4.79 Å². The van der Waals surface area contributed by atoms with E-state index in [1.165, 1.54) is 0 Å². The van der Waals surface area contributed by atoms with Crippen molar-refractivity contribution in [3.8, 4) is 0 Å². The molecule has 186 valence electrons. The zero-order valence-electron chi connectivity index (χ0n) is 17.7.